The molecule has 1 saturated heterocycles. The minimum absolute atomic E-state index is 0.0833. The van der Waals surface area contributed by atoms with Crippen LogP contribution in [0.3, 0.4) is 0 Å². The van der Waals surface area contributed by atoms with E-state index in [0.717, 1.165) is 24.4 Å². The molecule has 118 valence electrons. The number of rotatable bonds is 6. The van der Waals surface area contributed by atoms with Crippen LogP contribution in [0.2, 0.25) is 0 Å². The molecule has 3 rings (SSSR count). The first-order valence-electron chi connectivity index (χ1n) is 7.72. The lowest BCUT2D eigenvalue weighted by molar-refractivity contribution is -0.106. The number of aromatic nitrogens is 1. The Balaban J connectivity index is 1.59. The summed E-state index contributed by atoms with van der Waals surface area (Å²) in [4.78, 5) is 2.22. The van der Waals surface area contributed by atoms with Gasteiger partial charge in [0.2, 0.25) is 0 Å². The largest absolute Gasteiger partial charge is 0.394 e. The second kappa shape index (κ2) is 6.04. The monoisotopic (exact) mass is 295 g/mol. The summed E-state index contributed by atoms with van der Waals surface area (Å²) >= 11 is 0. The Morgan fingerprint density at radius 3 is 3.05 bits per heavy atom. The molecule has 1 aromatic heterocycles. The van der Waals surface area contributed by atoms with Gasteiger partial charge in [-0.1, -0.05) is 5.16 Å². The van der Waals surface area contributed by atoms with Gasteiger partial charge in [-0.3, -0.25) is 4.90 Å². The number of hydrogen-bond acceptors (Lipinski definition) is 6. The second-order valence-corrected chi connectivity index (χ2v) is 6.46. The Kier molecular flexibility index (Phi) is 4.31. The maximum Gasteiger partial charge on any atom is 0.128 e. The SMILES string of the molecule is C[C@@H]1COC[C@@](CO)(CNCc2conc2C2CC2)N1C. The van der Waals surface area contributed by atoms with Crippen molar-refractivity contribution in [1.29, 1.82) is 0 Å². The average molecular weight is 295 g/mol. The molecule has 21 heavy (non-hydrogen) atoms. The molecule has 2 atom stereocenters. The number of likely N-dealkylation sites (N-methyl/N-ethyl adjacent to an activating group) is 1. The molecule has 2 aliphatic rings. The van der Waals surface area contributed by atoms with Gasteiger partial charge in [-0.2, -0.15) is 0 Å². The van der Waals surface area contributed by atoms with Crippen LogP contribution in [-0.4, -0.2) is 60.2 Å². The van der Waals surface area contributed by atoms with Gasteiger partial charge >= 0.3 is 0 Å². The minimum atomic E-state index is -0.353. The third-order valence-corrected chi connectivity index (χ3v) is 4.84. The molecule has 2 fully saturated rings. The van der Waals surface area contributed by atoms with Crippen LogP contribution in [-0.2, 0) is 11.3 Å². The van der Waals surface area contributed by atoms with E-state index in [1.165, 1.54) is 12.8 Å². The summed E-state index contributed by atoms with van der Waals surface area (Å²) in [7, 11) is 2.06. The quantitative estimate of drug-likeness (QED) is 0.806. The maximum atomic E-state index is 9.85. The van der Waals surface area contributed by atoms with E-state index in [4.69, 9.17) is 9.26 Å². The van der Waals surface area contributed by atoms with E-state index in [2.05, 4.69) is 29.3 Å². The maximum absolute atomic E-state index is 9.85. The Bertz CT molecular complexity index is 474. The Hall–Kier alpha value is -0.950. The van der Waals surface area contributed by atoms with Crippen molar-refractivity contribution in [3.05, 3.63) is 17.5 Å². The van der Waals surface area contributed by atoms with E-state index in [0.29, 0.717) is 25.1 Å². The number of nitrogens with one attached hydrogen (secondary N) is 1. The Morgan fingerprint density at radius 1 is 1.52 bits per heavy atom. The van der Waals surface area contributed by atoms with Crippen LogP contribution >= 0.6 is 0 Å². The fourth-order valence-electron chi connectivity index (χ4n) is 3.01. The second-order valence-electron chi connectivity index (χ2n) is 6.46. The van der Waals surface area contributed by atoms with Crippen LogP contribution in [0, 0.1) is 0 Å². The molecule has 1 saturated carbocycles. The van der Waals surface area contributed by atoms with E-state index in [1.807, 2.05) is 0 Å². The summed E-state index contributed by atoms with van der Waals surface area (Å²) in [6.45, 7) is 4.87. The summed E-state index contributed by atoms with van der Waals surface area (Å²) in [5.74, 6) is 0.591. The zero-order valence-electron chi connectivity index (χ0n) is 12.8. The molecule has 2 heterocycles. The highest BCUT2D eigenvalue weighted by Gasteiger charge is 2.40. The van der Waals surface area contributed by atoms with Gasteiger partial charge in [0.15, 0.2) is 0 Å². The lowest BCUT2D eigenvalue weighted by Gasteiger charge is -2.47. The van der Waals surface area contributed by atoms with Crippen LogP contribution in [0.1, 0.15) is 36.9 Å². The number of hydrogen-bond donors (Lipinski definition) is 2. The lowest BCUT2D eigenvalue weighted by Crippen LogP contribution is -2.65. The molecule has 0 amide bonds. The van der Waals surface area contributed by atoms with Gasteiger partial charge in [0, 0.05) is 30.6 Å². The average Bonchev–Trinajstić information content (AvgIpc) is 3.23. The van der Waals surface area contributed by atoms with Crippen molar-refractivity contribution in [3.8, 4) is 0 Å². The standard InChI is InChI=1S/C15H25N3O3/c1-11-6-20-10-15(9-19,18(11)2)8-16-5-13-7-21-17-14(13)12-3-4-12/h7,11-12,16,19H,3-6,8-10H2,1-2H3/t11-,15+/m1/s1. The van der Waals surface area contributed by atoms with E-state index in [9.17, 15) is 5.11 Å². The highest BCUT2D eigenvalue weighted by Crippen LogP contribution is 2.40. The summed E-state index contributed by atoms with van der Waals surface area (Å²) in [6.07, 6.45) is 4.17. The third-order valence-electron chi connectivity index (χ3n) is 4.84. The van der Waals surface area contributed by atoms with Crippen molar-refractivity contribution in [2.45, 2.75) is 43.8 Å². The molecule has 6 nitrogen and oxygen atoms in total. The predicted molar refractivity (Wildman–Crippen MR) is 78.0 cm³/mol. The Morgan fingerprint density at radius 2 is 2.33 bits per heavy atom. The zero-order chi connectivity index (χ0) is 14.9. The summed E-state index contributed by atoms with van der Waals surface area (Å²) in [5, 5.41) is 17.4. The van der Waals surface area contributed by atoms with Crippen LogP contribution in [0.25, 0.3) is 0 Å². The highest BCUT2D eigenvalue weighted by molar-refractivity contribution is 5.22. The molecule has 0 bridgehead atoms. The van der Waals surface area contributed by atoms with Crippen LogP contribution < -0.4 is 5.32 Å². The van der Waals surface area contributed by atoms with Crippen molar-refractivity contribution >= 4 is 0 Å². The summed E-state index contributed by atoms with van der Waals surface area (Å²) < 4.78 is 10.8. The molecular weight excluding hydrogens is 270 g/mol. The van der Waals surface area contributed by atoms with Gasteiger partial charge in [-0.15, -0.1) is 0 Å². The smallest absolute Gasteiger partial charge is 0.128 e. The van der Waals surface area contributed by atoms with Crippen LogP contribution in [0.15, 0.2) is 10.8 Å². The molecule has 0 spiro atoms. The number of aliphatic hydroxyl groups is 1. The first-order chi connectivity index (χ1) is 10.2. The number of morpholine rings is 1. The van der Waals surface area contributed by atoms with Crippen LogP contribution in [0.4, 0.5) is 0 Å². The number of nitrogens with zero attached hydrogens (tertiary/aromatic N) is 2. The van der Waals surface area contributed by atoms with Gasteiger partial charge in [0.1, 0.15) is 6.26 Å². The third kappa shape index (κ3) is 2.99. The highest BCUT2D eigenvalue weighted by atomic mass is 16.5. The van der Waals surface area contributed by atoms with Crippen molar-refractivity contribution in [3.63, 3.8) is 0 Å². The molecule has 1 aliphatic heterocycles. The van der Waals surface area contributed by atoms with Gasteiger partial charge in [-0.25, -0.2) is 0 Å². The molecule has 1 aromatic rings. The van der Waals surface area contributed by atoms with E-state index >= 15 is 0 Å². The molecule has 0 radical (unpaired) electrons. The van der Waals surface area contributed by atoms with Gasteiger partial charge in [0.05, 0.1) is 31.1 Å². The first-order valence-corrected chi connectivity index (χ1v) is 7.72. The predicted octanol–water partition coefficient (Wildman–Crippen LogP) is 0.723. The van der Waals surface area contributed by atoms with Crippen molar-refractivity contribution in [1.82, 2.24) is 15.4 Å². The van der Waals surface area contributed by atoms with Gasteiger partial charge in [0.25, 0.3) is 0 Å². The van der Waals surface area contributed by atoms with Crippen molar-refractivity contribution in [2.24, 2.45) is 0 Å². The molecular formula is C15H25N3O3. The normalized spacial score (nSPS) is 30.7. The molecule has 2 N–H and O–H groups in total. The van der Waals surface area contributed by atoms with Crippen molar-refractivity contribution < 1.29 is 14.4 Å². The van der Waals surface area contributed by atoms with Gasteiger partial charge in [-0.05, 0) is 26.8 Å². The van der Waals surface area contributed by atoms with Crippen molar-refractivity contribution in [2.75, 3.05) is 33.4 Å². The topological polar surface area (TPSA) is 70.8 Å². The number of ether oxygens (including phenoxy) is 1. The van der Waals surface area contributed by atoms with Crippen LogP contribution in [0.5, 0.6) is 0 Å². The molecule has 6 heteroatoms. The van der Waals surface area contributed by atoms with Gasteiger partial charge < -0.3 is 19.7 Å². The van der Waals surface area contributed by atoms with E-state index < -0.39 is 0 Å². The van der Waals surface area contributed by atoms with E-state index in [-0.39, 0.29) is 12.1 Å². The summed E-state index contributed by atoms with van der Waals surface area (Å²) in [5.41, 5.74) is 1.88. The first kappa shape index (κ1) is 15.0. The molecule has 0 aromatic carbocycles. The molecule has 1 aliphatic carbocycles. The fourth-order valence-corrected chi connectivity index (χ4v) is 3.01. The molecule has 0 unspecified atom stereocenters. The fraction of sp³-hybridized carbons (Fsp3) is 0.800. The van der Waals surface area contributed by atoms with E-state index in [1.54, 1.807) is 6.26 Å². The Labute approximate surface area is 125 Å². The zero-order valence-corrected chi connectivity index (χ0v) is 12.8. The number of aliphatic hydroxyl groups excluding tert-OH is 1. The lowest BCUT2D eigenvalue weighted by atomic mass is 9.96. The summed E-state index contributed by atoms with van der Waals surface area (Å²) in [6, 6.07) is 0.310. The minimum Gasteiger partial charge on any atom is -0.394 e.